The van der Waals surface area contributed by atoms with E-state index in [9.17, 15) is 4.79 Å². The van der Waals surface area contributed by atoms with Crippen molar-refractivity contribution in [2.45, 2.75) is 27.2 Å². The van der Waals surface area contributed by atoms with Crippen LogP contribution in [0.3, 0.4) is 0 Å². The van der Waals surface area contributed by atoms with Gasteiger partial charge in [-0.25, -0.2) is 0 Å². The van der Waals surface area contributed by atoms with Crippen molar-refractivity contribution in [3.8, 4) is 0 Å². The molecular formula is C8H15NO. The third-order valence-electron chi connectivity index (χ3n) is 0.954. The number of carbonyl (C=O) groups excluding carboxylic acids is 1. The molecule has 58 valence electrons. The van der Waals surface area contributed by atoms with Crippen LogP contribution in [0.25, 0.3) is 0 Å². The fraction of sp³-hybridized carbons (Fsp3) is 0.625. The van der Waals surface area contributed by atoms with Gasteiger partial charge in [-0.1, -0.05) is 27.4 Å². The molecule has 0 bridgehead atoms. The topological polar surface area (TPSA) is 29.1 Å². The van der Waals surface area contributed by atoms with Gasteiger partial charge in [-0.2, -0.15) is 0 Å². The molecule has 0 saturated heterocycles. The zero-order chi connectivity index (χ0) is 8.20. The van der Waals surface area contributed by atoms with Crippen LogP contribution in [-0.4, -0.2) is 5.91 Å². The minimum Gasteiger partial charge on any atom is -0.333 e. The van der Waals surface area contributed by atoms with Crippen molar-refractivity contribution in [2.24, 2.45) is 5.41 Å². The van der Waals surface area contributed by atoms with Gasteiger partial charge in [0.05, 0.1) is 0 Å². The first kappa shape index (κ1) is 9.21. The normalized spacial score (nSPS) is 10.7. The molecule has 2 heteroatoms. The van der Waals surface area contributed by atoms with Crippen molar-refractivity contribution in [3.05, 3.63) is 12.8 Å². The van der Waals surface area contributed by atoms with Gasteiger partial charge < -0.3 is 5.32 Å². The SMILES string of the molecule is C=CNC(=O)CC(C)(C)C. The maximum atomic E-state index is 10.9. The molecule has 0 aliphatic rings. The Morgan fingerprint density at radius 1 is 1.60 bits per heavy atom. The van der Waals surface area contributed by atoms with Gasteiger partial charge in [-0.05, 0) is 11.6 Å². The van der Waals surface area contributed by atoms with Crippen molar-refractivity contribution in [1.82, 2.24) is 5.32 Å². The van der Waals surface area contributed by atoms with Crippen LogP contribution < -0.4 is 5.32 Å². The van der Waals surface area contributed by atoms with E-state index in [1.807, 2.05) is 20.8 Å². The second-order valence-electron chi connectivity index (χ2n) is 3.51. The fourth-order valence-corrected chi connectivity index (χ4v) is 0.647. The maximum absolute atomic E-state index is 10.9. The molecule has 0 aliphatic heterocycles. The van der Waals surface area contributed by atoms with Crippen LogP contribution in [0.2, 0.25) is 0 Å². The third kappa shape index (κ3) is 5.35. The molecule has 0 unspecified atom stereocenters. The van der Waals surface area contributed by atoms with E-state index in [1.165, 1.54) is 6.20 Å². The van der Waals surface area contributed by atoms with Crippen LogP contribution >= 0.6 is 0 Å². The molecule has 10 heavy (non-hydrogen) atoms. The Balaban J connectivity index is 3.68. The largest absolute Gasteiger partial charge is 0.333 e. The Kier molecular flexibility index (Phi) is 3.13. The summed E-state index contributed by atoms with van der Waals surface area (Å²) in [5.74, 6) is 0.0301. The molecular weight excluding hydrogens is 126 g/mol. The van der Waals surface area contributed by atoms with Crippen LogP contribution in [0.5, 0.6) is 0 Å². The number of nitrogens with one attached hydrogen (secondary N) is 1. The number of rotatable bonds is 2. The predicted octanol–water partition coefficient (Wildman–Crippen LogP) is 1.68. The molecule has 0 fully saturated rings. The third-order valence-corrected chi connectivity index (χ3v) is 0.954. The van der Waals surface area contributed by atoms with E-state index in [0.717, 1.165) is 0 Å². The molecule has 0 aromatic rings. The summed E-state index contributed by atoms with van der Waals surface area (Å²) in [6.45, 7) is 9.47. The summed E-state index contributed by atoms with van der Waals surface area (Å²) in [7, 11) is 0. The minimum atomic E-state index is 0.0301. The van der Waals surface area contributed by atoms with Crippen molar-refractivity contribution < 1.29 is 4.79 Å². The summed E-state index contributed by atoms with van der Waals surface area (Å²) >= 11 is 0. The Bertz CT molecular complexity index is 133. The van der Waals surface area contributed by atoms with Crippen LogP contribution in [-0.2, 0) is 4.79 Å². The average Bonchev–Trinajstić information content (AvgIpc) is 1.59. The molecule has 0 heterocycles. The van der Waals surface area contributed by atoms with E-state index in [1.54, 1.807) is 0 Å². The maximum Gasteiger partial charge on any atom is 0.224 e. The molecule has 0 saturated carbocycles. The summed E-state index contributed by atoms with van der Waals surface area (Å²) in [5, 5.41) is 2.53. The van der Waals surface area contributed by atoms with Gasteiger partial charge in [0.1, 0.15) is 0 Å². The van der Waals surface area contributed by atoms with Gasteiger partial charge in [0, 0.05) is 6.42 Å². The van der Waals surface area contributed by atoms with E-state index in [-0.39, 0.29) is 11.3 Å². The van der Waals surface area contributed by atoms with E-state index in [4.69, 9.17) is 0 Å². The highest BCUT2D eigenvalue weighted by molar-refractivity contribution is 5.77. The quantitative estimate of drug-likeness (QED) is 0.623. The number of hydrogen-bond donors (Lipinski definition) is 1. The van der Waals surface area contributed by atoms with E-state index < -0.39 is 0 Å². The predicted molar refractivity (Wildman–Crippen MR) is 42.4 cm³/mol. The summed E-state index contributed by atoms with van der Waals surface area (Å²) in [6, 6.07) is 0. The summed E-state index contributed by atoms with van der Waals surface area (Å²) in [4.78, 5) is 10.9. The Morgan fingerprint density at radius 3 is 2.40 bits per heavy atom. The van der Waals surface area contributed by atoms with E-state index >= 15 is 0 Å². The summed E-state index contributed by atoms with van der Waals surface area (Å²) < 4.78 is 0. The molecule has 0 radical (unpaired) electrons. The molecule has 0 spiro atoms. The minimum absolute atomic E-state index is 0.0301. The second kappa shape index (κ2) is 3.40. The molecule has 1 amide bonds. The summed E-state index contributed by atoms with van der Waals surface area (Å²) in [6.07, 6.45) is 1.95. The molecule has 0 atom stereocenters. The lowest BCUT2D eigenvalue weighted by atomic mass is 9.92. The molecule has 1 N–H and O–H groups in total. The lowest BCUT2D eigenvalue weighted by Gasteiger charge is -2.15. The van der Waals surface area contributed by atoms with Gasteiger partial charge in [0.2, 0.25) is 5.91 Å². The van der Waals surface area contributed by atoms with Crippen molar-refractivity contribution in [3.63, 3.8) is 0 Å². The van der Waals surface area contributed by atoms with Gasteiger partial charge in [0.15, 0.2) is 0 Å². The molecule has 2 nitrogen and oxygen atoms in total. The molecule has 0 aromatic heterocycles. The average molecular weight is 141 g/mol. The van der Waals surface area contributed by atoms with Crippen LogP contribution in [0.1, 0.15) is 27.2 Å². The van der Waals surface area contributed by atoms with Crippen molar-refractivity contribution in [1.29, 1.82) is 0 Å². The monoisotopic (exact) mass is 141 g/mol. The van der Waals surface area contributed by atoms with Crippen LogP contribution in [0.15, 0.2) is 12.8 Å². The highest BCUT2D eigenvalue weighted by Gasteiger charge is 2.14. The van der Waals surface area contributed by atoms with Crippen molar-refractivity contribution >= 4 is 5.91 Å². The smallest absolute Gasteiger partial charge is 0.224 e. The molecule has 0 aliphatic carbocycles. The zero-order valence-electron chi connectivity index (χ0n) is 6.90. The van der Waals surface area contributed by atoms with Gasteiger partial charge in [-0.15, -0.1) is 0 Å². The number of hydrogen-bond acceptors (Lipinski definition) is 1. The highest BCUT2D eigenvalue weighted by Crippen LogP contribution is 2.17. The Morgan fingerprint density at radius 2 is 2.10 bits per heavy atom. The lowest BCUT2D eigenvalue weighted by molar-refractivity contribution is -0.121. The van der Waals surface area contributed by atoms with Gasteiger partial charge in [-0.3, -0.25) is 4.79 Å². The highest BCUT2D eigenvalue weighted by atomic mass is 16.1. The van der Waals surface area contributed by atoms with Crippen LogP contribution in [0, 0.1) is 5.41 Å². The van der Waals surface area contributed by atoms with Crippen molar-refractivity contribution in [2.75, 3.05) is 0 Å². The Hall–Kier alpha value is -0.790. The molecule has 0 rings (SSSR count). The van der Waals surface area contributed by atoms with Gasteiger partial charge in [0.25, 0.3) is 0 Å². The first-order valence-corrected chi connectivity index (χ1v) is 3.36. The van der Waals surface area contributed by atoms with Gasteiger partial charge >= 0.3 is 0 Å². The lowest BCUT2D eigenvalue weighted by Crippen LogP contribution is -2.22. The summed E-state index contributed by atoms with van der Waals surface area (Å²) in [5.41, 5.74) is 0.0626. The van der Waals surface area contributed by atoms with Crippen LogP contribution in [0.4, 0.5) is 0 Å². The number of carbonyl (C=O) groups is 1. The molecule has 0 aromatic carbocycles. The number of amides is 1. The Labute approximate surface area is 62.3 Å². The van der Waals surface area contributed by atoms with E-state index in [0.29, 0.717) is 6.42 Å². The first-order chi connectivity index (χ1) is 4.45. The zero-order valence-corrected chi connectivity index (χ0v) is 6.90. The second-order valence-corrected chi connectivity index (χ2v) is 3.51. The fourth-order valence-electron chi connectivity index (χ4n) is 0.647. The first-order valence-electron chi connectivity index (χ1n) is 3.36. The van der Waals surface area contributed by atoms with E-state index in [2.05, 4.69) is 11.9 Å². The standard InChI is InChI=1S/C8H15NO/c1-5-9-7(10)6-8(2,3)4/h5H,1,6H2,2-4H3,(H,9,10).